The highest BCUT2D eigenvalue weighted by Crippen LogP contribution is 2.16. The summed E-state index contributed by atoms with van der Waals surface area (Å²) in [6.07, 6.45) is 1.73. The van der Waals surface area contributed by atoms with E-state index in [1.54, 1.807) is 17.5 Å². The van der Waals surface area contributed by atoms with Crippen LogP contribution in [0.5, 0.6) is 0 Å². The molecular formula is C6H5N3S. The molecule has 50 valence electrons. The molecule has 0 aliphatic heterocycles. The third-order valence-electron chi connectivity index (χ3n) is 1.23. The highest BCUT2D eigenvalue weighted by atomic mass is 32.1. The van der Waals surface area contributed by atoms with E-state index in [1.165, 1.54) is 0 Å². The fourth-order valence-corrected chi connectivity index (χ4v) is 1.52. The number of anilines is 1. The summed E-state index contributed by atoms with van der Waals surface area (Å²) >= 11 is 1.57. The molecule has 3 nitrogen and oxygen atoms in total. The Bertz CT molecular complexity index is 355. The van der Waals surface area contributed by atoms with Crippen LogP contribution in [0.3, 0.4) is 0 Å². The normalized spacial score (nSPS) is 10.4. The van der Waals surface area contributed by atoms with Crippen molar-refractivity contribution >= 4 is 27.5 Å². The molecule has 2 aromatic heterocycles. The molecule has 2 rings (SSSR count). The Labute approximate surface area is 61.5 Å². The lowest BCUT2D eigenvalue weighted by atomic mass is 10.4. The number of hydrogen-bond donors (Lipinski definition) is 1. The molecule has 0 saturated heterocycles. The van der Waals surface area contributed by atoms with Gasteiger partial charge in [0.25, 0.3) is 0 Å². The highest BCUT2D eigenvalue weighted by molar-refractivity contribution is 7.16. The first-order valence-electron chi connectivity index (χ1n) is 2.82. The van der Waals surface area contributed by atoms with Gasteiger partial charge in [-0.15, -0.1) is 11.3 Å². The van der Waals surface area contributed by atoms with Crippen molar-refractivity contribution in [3.8, 4) is 0 Å². The first-order valence-corrected chi connectivity index (χ1v) is 3.70. The van der Waals surface area contributed by atoms with Crippen LogP contribution in [0.1, 0.15) is 0 Å². The molecule has 0 atom stereocenters. The van der Waals surface area contributed by atoms with E-state index in [-0.39, 0.29) is 0 Å². The van der Waals surface area contributed by atoms with Gasteiger partial charge in [-0.05, 0) is 11.4 Å². The van der Waals surface area contributed by atoms with Crippen molar-refractivity contribution < 1.29 is 0 Å². The minimum Gasteiger partial charge on any atom is -0.368 e. The van der Waals surface area contributed by atoms with Crippen LogP contribution in [-0.2, 0) is 0 Å². The fraction of sp³-hybridized carbons (Fsp3) is 0. The minimum absolute atomic E-state index is 0.343. The summed E-state index contributed by atoms with van der Waals surface area (Å²) in [4.78, 5) is 8.83. The maximum absolute atomic E-state index is 5.37. The number of nitrogens with two attached hydrogens (primary N) is 1. The summed E-state index contributed by atoms with van der Waals surface area (Å²) in [6.45, 7) is 0. The molecule has 4 heteroatoms. The number of rotatable bonds is 0. The van der Waals surface area contributed by atoms with Gasteiger partial charge in [0.2, 0.25) is 5.95 Å². The number of nitrogen functional groups attached to an aromatic ring is 1. The molecule has 0 amide bonds. The van der Waals surface area contributed by atoms with Crippen LogP contribution in [0.15, 0.2) is 17.6 Å². The van der Waals surface area contributed by atoms with Gasteiger partial charge in [0.05, 0.1) is 0 Å². The van der Waals surface area contributed by atoms with E-state index < -0.39 is 0 Å². The molecule has 0 bridgehead atoms. The lowest BCUT2D eigenvalue weighted by Crippen LogP contribution is -1.91. The second kappa shape index (κ2) is 1.91. The number of hydrogen-bond acceptors (Lipinski definition) is 4. The average molecular weight is 151 g/mol. The average Bonchev–Trinajstić information content (AvgIpc) is 2.33. The predicted octanol–water partition coefficient (Wildman–Crippen LogP) is 1.27. The van der Waals surface area contributed by atoms with Crippen molar-refractivity contribution in [3.63, 3.8) is 0 Å². The standard InChI is InChI=1S/C6H5N3S/c7-6-8-3-4-1-2-10-5(4)9-6/h1-3H,(H2,7,8,9). The van der Waals surface area contributed by atoms with Crippen molar-refractivity contribution in [2.45, 2.75) is 0 Å². The predicted molar refractivity (Wildman–Crippen MR) is 41.8 cm³/mol. The molecule has 0 aliphatic rings. The Hall–Kier alpha value is -1.16. The monoisotopic (exact) mass is 151 g/mol. The van der Waals surface area contributed by atoms with Gasteiger partial charge in [-0.2, -0.15) is 0 Å². The lowest BCUT2D eigenvalue weighted by molar-refractivity contribution is 1.25. The van der Waals surface area contributed by atoms with Crippen molar-refractivity contribution in [3.05, 3.63) is 17.6 Å². The van der Waals surface area contributed by atoms with Gasteiger partial charge in [-0.25, -0.2) is 9.97 Å². The molecule has 2 aromatic rings. The van der Waals surface area contributed by atoms with Gasteiger partial charge in [0.1, 0.15) is 4.83 Å². The molecule has 0 saturated carbocycles. The topological polar surface area (TPSA) is 51.8 Å². The van der Waals surface area contributed by atoms with Gasteiger partial charge < -0.3 is 5.73 Å². The maximum atomic E-state index is 5.37. The number of nitrogens with zero attached hydrogens (tertiary/aromatic N) is 2. The summed E-state index contributed by atoms with van der Waals surface area (Å²) in [6, 6.07) is 1.97. The van der Waals surface area contributed by atoms with E-state index in [4.69, 9.17) is 5.73 Å². The van der Waals surface area contributed by atoms with Crippen molar-refractivity contribution in [1.82, 2.24) is 9.97 Å². The van der Waals surface area contributed by atoms with Crippen LogP contribution in [-0.4, -0.2) is 9.97 Å². The Kier molecular flexibility index (Phi) is 1.07. The maximum Gasteiger partial charge on any atom is 0.221 e. The van der Waals surface area contributed by atoms with Gasteiger partial charge >= 0.3 is 0 Å². The summed E-state index contributed by atoms with van der Waals surface area (Å²) < 4.78 is 0. The van der Waals surface area contributed by atoms with Crippen molar-refractivity contribution in [2.24, 2.45) is 0 Å². The van der Waals surface area contributed by atoms with Crippen LogP contribution in [0.4, 0.5) is 5.95 Å². The molecule has 0 unspecified atom stereocenters. The molecule has 10 heavy (non-hydrogen) atoms. The Morgan fingerprint density at radius 1 is 1.50 bits per heavy atom. The van der Waals surface area contributed by atoms with Crippen molar-refractivity contribution in [2.75, 3.05) is 5.73 Å². The van der Waals surface area contributed by atoms with Crippen molar-refractivity contribution in [1.29, 1.82) is 0 Å². The van der Waals surface area contributed by atoms with E-state index in [0.717, 1.165) is 10.2 Å². The Balaban J connectivity index is 2.86. The lowest BCUT2D eigenvalue weighted by Gasteiger charge is -1.88. The Morgan fingerprint density at radius 2 is 2.40 bits per heavy atom. The van der Waals surface area contributed by atoms with E-state index in [1.807, 2.05) is 11.4 Å². The molecular weight excluding hydrogens is 146 g/mol. The highest BCUT2D eigenvalue weighted by Gasteiger charge is 1.95. The smallest absolute Gasteiger partial charge is 0.221 e. The summed E-state index contributed by atoms with van der Waals surface area (Å²) in [5, 5.41) is 3.03. The first-order chi connectivity index (χ1) is 4.86. The van der Waals surface area contributed by atoms with Gasteiger partial charge in [-0.3, -0.25) is 0 Å². The number of fused-ring (bicyclic) bond motifs is 1. The summed E-state index contributed by atoms with van der Waals surface area (Å²) in [5.41, 5.74) is 5.37. The Morgan fingerprint density at radius 3 is 3.30 bits per heavy atom. The van der Waals surface area contributed by atoms with Crippen LogP contribution >= 0.6 is 11.3 Å². The van der Waals surface area contributed by atoms with Crippen LogP contribution in [0.2, 0.25) is 0 Å². The molecule has 2 N–H and O–H groups in total. The van der Waals surface area contributed by atoms with E-state index >= 15 is 0 Å². The van der Waals surface area contributed by atoms with Gasteiger partial charge in [-0.1, -0.05) is 0 Å². The van der Waals surface area contributed by atoms with Gasteiger partial charge in [0.15, 0.2) is 0 Å². The molecule has 0 radical (unpaired) electrons. The quantitative estimate of drug-likeness (QED) is 0.617. The second-order valence-corrected chi connectivity index (χ2v) is 2.80. The van der Waals surface area contributed by atoms with Crippen LogP contribution < -0.4 is 5.73 Å². The first kappa shape index (κ1) is 5.61. The SMILES string of the molecule is Nc1ncc2ccsc2n1. The third-order valence-corrected chi connectivity index (χ3v) is 2.05. The molecule has 0 fully saturated rings. The largest absolute Gasteiger partial charge is 0.368 e. The third kappa shape index (κ3) is 0.733. The number of aromatic nitrogens is 2. The molecule has 0 aromatic carbocycles. The zero-order valence-electron chi connectivity index (χ0n) is 5.11. The summed E-state index contributed by atoms with van der Waals surface area (Å²) in [7, 11) is 0. The molecule has 2 heterocycles. The van der Waals surface area contributed by atoms with Crippen LogP contribution in [0, 0.1) is 0 Å². The van der Waals surface area contributed by atoms with E-state index in [2.05, 4.69) is 9.97 Å². The zero-order chi connectivity index (χ0) is 6.97. The number of thiophene rings is 1. The zero-order valence-corrected chi connectivity index (χ0v) is 5.93. The van der Waals surface area contributed by atoms with Gasteiger partial charge in [0, 0.05) is 11.6 Å². The minimum atomic E-state index is 0.343. The fourth-order valence-electron chi connectivity index (χ4n) is 0.769. The molecule has 0 spiro atoms. The second-order valence-electron chi connectivity index (χ2n) is 1.91. The molecule has 0 aliphatic carbocycles. The summed E-state index contributed by atoms with van der Waals surface area (Å²) in [5.74, 6) is 0.343. The van der Waals surface area contributed by atoms with Crippen LogP contribution in [0.25, 0.3) is 10.2 Å². The van der Waals surface area contributed by atoms with E-state index in [0.29, 0.717) is 5.95 Å². The van der Waals surface area contributed by atoms with E-state index in [9.17, 15) is 0 Å².